The van der Waals surface area contributed by atoms with Gasteiger partial charge in [0.15, 0.2) is 0 Å². The second kappa shape index (κ2) is 6.44. The second-order valence-corrected chi connectivity index (χ2v) is 5.18. The molecule has 20 heavy (non-hydrogen) atoms. The molecule has 2 rings (SSSR count). The van der Waals surface area contributed by atoms with Gasteiger partial charge in [0.05, 0.1) is 10.7 Å². The van der Waals surface area contributed by atoms with Crippen molar-refractivity contribution in [1.29, 1.82) is 0 Å². The van der Waals surface area contributed by atoms with Crippen LogP contribution in [-0.2, 0) is 11.2 Å². The van der Waals surface area contributed by atoms with Gasteiger partial charge in [-0.15, -0.1) is 0 Å². The molecule has 0 aromatic heterocycles. The van der Waals surface area contributed by atoms with Gasteiger partial charge in [-0.05, 0) is 48.7 Å². The quantitative estimate of drug-likeness (QED) is 0.841. The Labute approximate surface area is 123 Å². The number of benzene rings is 2. The molecule has 0 spiro atoms. The van der Waals surface area contributed by atoms with Crippen molar-refractivity contribution in [3.8, 4) is 0 Å². The van der Waals surface area contributed by atoms with Gasteiger partial charge >= 0.3 is 0 Å². The molecule has 0 unspecified atom stereocenters. The molecule has 4 heteroatoms. The van der Waals surface area contributed by atoms with Crippen LogP contribution in [0.25, 0.3) is 0 Å². The minimum Gasteiger partial charge on any atom is -0.399 e. The van der Waals surface area contributed by atoms with E-state index < -0.39 is 0 Å². The van der Waals surface area contributed by atoms with Crippen molar-refractivity contribution < 1.29 is 4.79 Å². The number of anilines is 2. The Morgan fingerprint density at radius 1 is 1.25 bits per heavy atom. The summed E-state index contributed by atoms with van der Waals surface area (Å²) < 4.78 is 0. The van der Waals surface area contributed by atoms with Crippen molar-refractivity contribution in [1.82, 2.24) is 0 Å². The zero-order chi connectivity index (χ0) is 14.5. The molecule has 0 atom stereocenters. The summed E-state index contributed by atoms with van der Waals surface area (Å²) in [5, 5.41) is 3.38. The molecule has 0 saturated heterocycles. The Morgan fingerprint density at radius 3 is 2.80 bits per heavy atom. The summed E-state index contributed by atoms with van der Waals surface area (Å²) in [5.74, 6) is -0.0556. The number of aryl methyl sites for hydroxylation is 2. The molecule has 2 aromatic rings. The summed E-state index contributed by atoms with van der Waals surface area (Å²) in [4.78, 5) is 11.9. The highest BCUT2D eigenvalue weighted by atomic mass is 35.5. The first-order valence-corrected chi connectivity index (χ1v) is 6.83. The lowest BCUT2D eigenvalue weighted by Crippen LogP contribution is -2.12. The topological polar surface area (TPSA) is 55.1 Å². The highest BCUT2D eigenvalue weighted by Gasteiger charge is 2.06. The van der Waals surface area contributed by atoms with Gasteiger partial charge in [-0.25, -0.2) is 0 Å². The molecule has 0 heterocycles. The van der Waals surface area contributed by atoms with Crippen molar-refractivity contribution >= 4 is 28.9 Å². The molecule has 3 nitrogen and oxygen atoms in total. The Hall–Kier alpha value is -2.00. The first-order valence-electron chi connectivity index (χ1n) is 6.45. The number of carbonyl (C=O) groups excluding carboxylic acids is 1. The van der Waals surface area contributed by atoms with E-state index in [2.05, 4.69) is 5.32 Å². The van der Waals surface area contributed by atoms with Crippen LogP contribution in [0.2, 0.25) is 5.02 Å². The van der Waals surface area contributed by atoms with Gasteiger partial charge < -0.3 is 11.1 Å². The van der Waals surface area contributed by atoms with E-state index in [1.807, 2.05) is 43.3 Å². The van der Waals surface area contributed by atoms with Gasteiger partial charge in [-0.1, -0.05) is 29.8 Å². The van der Waals surface area contributed by atoms with Gasteiger partial charge in [-0.2, -0.15) is 0 Å². The van der Waals surface area contributed by atoms with Gasteiger partial charge in [0.25, 0.3) is 0 Å². The van der Waals surface area contributed by atoms with Crippen molar-refractivity contribution in [2.45, 2.75) is 19.8 Å². The minimum atomic E-state index is -0.0556. The number of hydrogen-bond acceptors (Lipinski definition) is 2. The molecule has 104 valence electrons. The van der Waals surface area contributed by atoms with Crippen LogP contribution >= 0.6 is 11.6 Å². The second-order valence-electron chi connectivity index (χ2n) is 4.78. The summed E-state index contributed by atoms with van der Waals surface area (Å²) in [7, 11) is 0. The lowest BCUT2D eigenvalue weighted by molar-refractivity contribution is -0.116. The summed E-state index contributed by atoms with van der Waals surface area (Å²) >= 11 is 6.05. The smallest absolute Gasteiger partial charge is 0.224 e. The van der Waals surface area contributed by atoms with E-state index in [9.17, 15) is 4.79 Å². The third-order valence-corrected chi connectivity index (χ3v) is 3.32. The van der Waals surface area contributed by atoms with Gasteiger partial charge in [0, 0.05) is 12.1 Å². The molecular formula is C16H17ClN2O. The third-order valence-electron chi connectivity index (χ3n) is 2.99. The first-order chi connectivity index (χ1) is 9.54. The van der Waals surface area contributed by atoms with E-state index in [1.54, 1.807) is 6.07 Å². The molecule has 3 N–H and O–H groups in total. The number of hydrogen-bond donors (Lipinski definition) is 2. The van der Waals surface area contributed by atoms with Crippen LogP contribution in [0.3, 0.4) is 0 Å². The molecule has 0 aliphatic rings. The molecule has 0 saturated carbocycles. The fourth-order valence-corrected chi connectivity index (χ4v) is 2.12. The lowest BCUT2D eigenvalue weighted by atomic mass is 10.1. The maximum absolute atomic E-state index is 11.9. The Bertz CT molecular complexity index is 626. The molecule has 0 aliphatic heterocycles. The predicted octanol–water partition coefficient (Wildman–Crippen LogP) is 3.80. The highest BCUT2D eigenvalue weighted by molar-refractivity contribution is 6.33. The van der Waals surface area contributed by atoms with E-state index in [0.717, 1.165) is 11.1 Å². The van der Waals surface area contributed by atoms with Crippen molar-refractivity contribution in [3.63, 3.8) is 0 Å². The highest BCUT2D eigenvalue weighted by Crippen LogP contribution is 2.23. The number of amides is 1. The van der Waals surface area contributed by atoms with Crippen molar-refractivity contribution in [2.75, 3.05) is 11.1 Å². The van der Waals surface area contributed by atoms with E-state index in [-0.39, 0.29) is 5.91 Å². The number of nitrogens with two attached hydrogens (primary N) is 1. The van der Waals surface area contributed by atoms with Crippen LogP contribution in [0, 0.1) is 6.92 Å². The molecule has 0 fully saturated rings. The molecule has 2 aromatic carbocycles. The van der Waals surface area contributed by atoms with Gasteiger partial charge in [0.1, 0.15) is 0 Å². The number of nitrogen functional groups attached to an aromatic ring is 1. The molecule has 0 bridgehead atoms. The van der Waals surface area contributed by atoms with E-state index >= 15 is 0 Å². The predicted molar refractivity (Wildman–Crippen MR) is 84.0 cm³/mol. The van der Waals surface area contributed by atoms with Crippen LogP contribution < -0.4 is 11.1 Å². The normalized spacial score (nSPS) is 10.3. The Balaban J connectivity index is 1.94. The zero-order valence-corrected chi connectivity index (χ0v) is 12.1. The summed E-state index contributed by atoms with van der Waals surface area (Å²) in [5.41, 5.74) is 9.18. The van der Waals surface area contributed by atoms with Crippen LogP contribution in [0.4, 0.5) is 11.4 Å². The maximum atomic E-state index is 11.9. The standard InChI is InChI=1S/C16H17ClN2O/c1-11-5-7-14(17)15(9-11)19-16(20)8-6-12-3-2-4-13(18)10-12/h2-5,7,9-10H,6,8,18H2,1H3,(H,19,20). The van der Waals surface area contributed by atoms with E-state index in [1.165, 1.54) is 0 Å². The zero-order valence-electron chi connectivity index (χ0n) is 11.3. The summed E-state index contributed by atoms with van der Waals surface area (Å²) in [6.07, 6.45) is 1.05. The van der Waals surface area contributed by atoms with Crippen LogP contribution in [0.1, 0.15) is 17.5 Å². The molecule has 0 aliphatic carbocycles. The van der Waals surface area contributed by atoms with E-state index in [0.29, 0.717) is 29.2 Å². The molecular weight excluding hydrogens is 272 g/mol. The third kappa shape index (κ3) is 4.00. The average molecular weight is 289 g/mol. The fourth-order valence-electron chi connectivity index (χ4n) is 1.95. The minimum absolute atomic E-state index is 0.0556. The average Bonchev–Trinajstić information content (AvgIpc) is 2.41. The fraction of sp³-hybridized carbons (Fsp3) is 0.188. The Morgan fingerprint density at radius 2 is 2.05 bits per heavy atom. The molecule has 0 radical (unpaired) electrons. The van der Waals surface area contributed by atoms with Crippen molar-refractivity contribution in [2.24, 2.45) is 0 Å². The SMILES string of the molecule is Cc1ccc(Cl)c(NC(=O)CCc2cccc(N)c2)c1. The Kier molecular flexibility index (Phi) is 4.64. The molecule has 1 amide bonds. The number of carbonyl (C=O) groups is 1. The monoisotopic (exact) mass is 288 g/mol. The van der Waals surface area contributed by atoms with Crippen molar-refractivity contribution in [3.05, 3.63) is 58.6 Å². The largest absolute Gasteiger partial charge is 0.399 e. The summed E-state index contributed by atoms with van der Waals surface area (Å²) in [6, 6.07) is 13.1. The van der Waals surface area contributed by atoms with Crippen LogP contribution in [0.5, 0.6) is 0 Å². The van der Waals surface area contributed by atoms with Crippen LogP contribution in [-0.4, -0.2) is 5.91 Å². The lowest BCUT2D eigenvalue weighted by Gasteiger charge is -2.08. The maximum Gasteiger partial charge on any atom is 0.224 e. The number of halogens is 1. The van der Waals surface area contributed by atoms with Gasteiger partial charge in [-0.3, -0.25) is 4.79 Å². The first kappa shape index (κ1) is 14.4. The summed E-state index contributed by atoms with van der Waals surface area (Å²) in [6.45, 7) is 1.96. The van der Waals surface area contributed by atoms with Crippen LogP contribution in [0.15, 0.2) is 42.5 Å². The number of nitrogens with one attached hydrogen (secondary N) is 1. The van der Waals surface area contributed by atoms with E-state index in [4.69, 9.17) is 17.3 Å². The van der Waals surface area contributed by atoms with Gasteiger partial charge in [0.2, 0.25) is 5.91 Å². The number of rotatable bonds is 4.